The Morgan fingerprint density at radius 3 is 2.26 bits per heavy atom. The van der Waals surface area contributed by atoms with Gasteiger partial charge in [0.2, 0.25) is 0 Å². The van der Waals surface area contributed by atoms with Crippen LogP contribution in [0.1, 0.15) is 76.7 Å². The van der Waals surface area contributed by atoms with Crippen molar-refractivity contribution in [3.05, 3.63) is 78.2 Å². The molecule has 3 aromatic rings. The number of carbonyl (C=O) groups excluding carboxylic acids is 1. The first-order valence-electron chi connectivity index (χ1n) is 16.2. The van der Waals surface area contributed by atoms with E-state index in [0.29, 0.717) is 32.1 Å². The number of piperidine rings is 2. The molecule has 2 aliphatic rings. The van der Waals surface area contributed by atoms with Gasteiger partial charge in [0.05, 0.1) is 11.7 Å². The third-order valence-electron chi connectivity index (χ3n) is 8.82. The molecule has 2 fully saturated rings. The monoisotopic (exact) mass is 586 g/mol. The minimum absolute atomic E-state index is 0.317. The van der Waals surface area contributed by atoms with Gasteiger partial charge < -0.3 is 20.0 Å². The second-order valence-corrected chi connectivity index (χ2v) is 13.2. The summed E-state index contributed by atoms with van der Waals surface area (Å²) < 4.78 is 2.21. The minimum atomic E-state index is -0.321. The minimum Gasteiger partial charge on any atom is -0.351 e. The Hall–Kier alpha value is -3.20. The molecule has 0 unspecified atom stereocenters. The molecule has 8 nitrogen and oxygen atoms in total. The number of amides is 1. The van der Waals surface area contributed by atoms with E-state index >= 15 is 0 Å². The van der Waals surface area contributed by atoms with Crippen molar-refractivity contribution >= 4 is 6.09 Å². The molecule has 2 N–H and O–H groups in total. The van der Waals surface area contributed by atoms with Crippen molar-refractivity contribution in [1.82, 2.24) is 24.4 Å². The lowest BCUT2D eigenvalue weighted by Gasteiger charge is -2.42. The number of carbonyl (C=O) groups is 1. The number of rotatable bonds is 10. The number of hydrogen-bond acceptors (Lipinski definition) is 6. The summed E-state index contributed by atoms with van der Waals surface area (Å²) in [5.41, 5.74) is 8.81. The van der Waals surface area contributed by atoms with Crippen LogP contribution in [0.3, 0.4) is 0 Å². The number of aromatic nitrogens is 2. The molecule has 1 amide bonds. The van der Waals surface area contributed by atoms with Crippen molar-refractivity contribution in [1.29, 1.82) is 0 Å². The van der Waals surface area contributed by atoms with Gasteiger partial charge in [-0.3, -0.25) is 4.90 Å². The highest BCUT2D eigenvalue weighted by Gasteiger charge is 2.40. The van der Waals surface area contributed by atoms with Crippen LogP contribution in [0.25, 0.3) is 11.3 Å². The smallest absolute Gasteiger partial charge is 0.351 e. The van der Waals surface area contributed by atoms with Crippen molar-refractivity contribution in [2.45, 2.75) is 77.9 Å². The fourth-order valence-electron chi connectivity index (χ4n) is 6.63. The van der Waals surface area contributed by atoms with Gasteiger partial charge in [0.15, 0.2) is 0 Å². The first-order valence-corrected chi connectivity index (χ1v) is 16.2. The van der Waals surface area contributed by atoms with E-state index in [-0.39, 0.29) is 17.6 Å². The number of imidazole rings is 1. The molecule has 5 rings (SSSR count). The highest BCUT2D eigenvalue weighted by Crippen LogP contribution is 2.39. The molecule has 0 spiro atoms. The lowest BCUT2D eigenvalue weighted by atomic mass is 9.84. The van der Waals surface area contributed by atoms with Crippen molar-refractivity contribution in [2.24, 2.45) is 11.1 Å². The van der Waals surface area contributed by atoms with Crippen molar-refractivity contribution in [3.63, 3.8) is 0 Å². The van der Waals surface area contributed by atoms with E-state index in [9.17, 15) is 4.79 Å². The fraction of sp³-hybridized carbons (Fsp3) is 0.543. The van der Waals surface area contributed by atoms with Crippen LogP contribution >= 0.6 is 0 Å². The average molecular weight is 587 g/mol. The zero-order valence-electron chi connectivity index (χ0n) is 26.3. The third-order valence-corrected chi connectivity index (χ3v) is 8.82. The van der Waals surface area contributed by atoms with E-state index in [1.165, 1.54) is 37.9 Å². The van der Waals surface area contributed by atoms with E-state index in [1.54, 1.807) is 0 Å². The van der Waals surface area contributed by atoms with Gasteiger partial charge in [0.25, 0.3) is 0 Å². The van der Waals surface area contributed by atoms with E-state index in [4.69, 9.17) is 15.6 Å². The highest BCUT2D eigenvalue weighted by atomic mass is 16.7. The Morgan fingerprint density at radius 2 is 1.63 bits per heavy atom. The maximum absolute atomic E-state index is 14.1. The summed E-state index contributed by atoms with van der Waals surface area (Å²) in [7, 11) is 0. The Morgan fingerprint density at radius 1 is 0.977 bits per heavy atom. The topological polar surface area (TPSA) is 79.9 Å². The summed E-state index contributed by atoms with van der Waals surface area (Å²) in [6, 6.07) is 20.9. The molecule has 2 aromatic carbocycles. The summed E-state index contributed by atoms with van der Waals surface area (Å²) in [6.07, 6.45) is 8.48. The van der Waals surface area contributed by atoms with Gasteiger partial charge in [-0.25, -0.2) is 9.78 Å². The SMILES string of the molecule is CC(C)(C)[C@H](c1nc(-c2ccccc2)cn1Cc1ccccc1)N(CCCN)C(=O)ON1CCC(N2CCCCC2)CC1. The number of benzene rings is 2. The van der Waals surface area contributed by atoms with Crippen molar-refractivity contribution in [2.75, 3.05) is 39.3 Å². The average Bonchev–Trinajstić information content (AvgIpc) is 3.43. The van der Waals surface area contributed by atoms with Gasteiger partial charge in [0, 0.05) is 44.0 Å². The molecule has 2 aliphatic heterocycles. The van der Waals surface area contributed by atoms with Crippen LogP contribution < -0.4 is 5.73 Å². The Balaban J connectivity index is 1.42. The summed E-state index contributed by atoms with van der Waals surface area (Å²) in [5, 5.41) is 1.88. The molecule has 1 atom stereocenters. The largest absolute Gasteiger partial charge is 0.429 e. The molecular formula is C35H50N6O2. The van der Waals surface area contributed by atoms with E-state index < -0.39 is 0 Å². The molecule has 0 saturated carbocycles. The molecule has 232 valence electrons. The molecule has 8 heteroatoms. The normalized spacial score (nSPS) is 18.0. The molecular weight excluding hydrogens is 536 g/mol. The number of nitrogens with two attached hydrogens (primary N) is 1. The quantitative estimate of drug-likeness (QED) is 0.299. The van der Waals surface area contributed by atoms with E-state index in [1.807, 2.05) is 34.2 Å². The van der Waals surface area contributed by atoms with E-state index in [0.717, 1.165) is 43.0 Å². The Labute approximate surface area is 257 Å². The molecule has 3 heterocycles. The van der Waals surface area contributed by atoms with Gasteiger partial charge in [0.1, 0.15) is 5.82 Å². The molecule has 1 aromatic heterocycles. The third kappa shape index (κ3) is 8.05. The van der Waals surface area contributed by atoms with Crippen molar-refractivity contribution in [3.8, 4) is 11.3 Å². The predicted octanol–water partition coefficient (Wildman–Crippen LogP) is 6.34. The van der Waals surface area contributed by atoms with Crippen LogP contribution in [0.5, 0.6) is 0 Å². The molecule has 43 heavy (non-hydrogen) atoms. The van der Waals surface area contributed by atoms with Gasteiger partial charge in [-0.2, -0.15) is 0 Å². The van der Waals surface area contributed by atoms with E-state index in [2.05, 4.69) is 72.8 Å². The van der Waals surface area contributed by atoms with Gasteiger partial charge >= 0.3 is 6.09 Å². The maximum atomic E-state index is 14.1. The van der Waals surface area contributed by atoms with Crippen molar-refractivity contribution < 1.29 is 9.63 Å². The number of nitrogens with zero attached hydrogens (tertiary/aromatic N) is 5. The van der Waals surface area contributed by atoms with Crippen LogP contribution in [0.15, 0.2) is 66.9 Å². The Bertz CT molecular complexity index is 1270. The molecule has 0 bridgehead atoms. The highest BCUT2D eigenvalue weighted by molar-refractivity contribution is 5.68. The van der Waals surface area contributed by atoms with Gasteiger partial charge in [-0.1, -0.05) is 87.9 Å². The van der Waals surface area contributed by atoms with Crippen LogP contribution in [-0.4, -0.2) is 75.8 Å². The zero-order chi connectivity index (χ0) is 30.2. The lowest BCUT2D eigenvalue weighted by molar-refractivity contribution is -0.138. The number of likely N-dealkylation sites (tertiary alicyclic amines) is 1. The van der Waals surface area contributed by atoms with Gasteiger partial charge in [-0.15, -0.1) is 5.06 Å². The Kier molecular flexibility index (Phi) is 10.5. The summed E-state index contributed by atoms with van der Waals surface area (Å²) in [5.74, 6) is 0.855. The van der Waals surface area contributed by atoms with Gasteiger partial charge in [-0.05, 0) is 62.7 Å². The lowest BCUT2D eigenvalue weighted by Crippen LogP contribution is -2.49. The second-order valence-electron chi connectivity index (χ2n) is 13.2. The summed E-state index contributed by atoms with van der Waals surface area (Å²) >= 11 is 0. The summed E-state index contributed by atoms with van der Waals surface area (Å²) in [4.78, 5) is 30.0. The first-order chi connectivity index (χ1) is 20.8. The predicted molar refractivity (Wildman–Crippen MR) is 172 cm³/mol. The number of hydroxylamine groups is 2. The summed E-state index contributed by atoms with van der Waals surface area (Å²) in [6.45, 7) is 12.1. The standard InChI is InChI=1S/C35H50N6O2/c1-35(2,3)32(33-37-31(29-16-9-5-10-17-29)27-39(33)26-28-14-7-4-8-15-28)41(23-13-20-36)34(42)43-40-24-18-30(19-25-40)38-21-11-6-12-22-38/h4-5,7-10,14-17,27,30,32H,6,11-13,18-26,36H2,1-3H3/t32-/m0/s1. The zero-order valence-corrected chi connectivity index (χ0v) is 26.3. The van der Waals surface area contributed by atoms with Crippen LogP contribution in [-0.2, 0) is 11.4 Å². The van der Waals surface area contributed by atoms with Crippen LogP contribution in [0.2, 0.25) is 0 Å². The number of hydrogen-bond donors (Lipinski definition) is 1. The maximum Gasteiger partial charge on any atom is 0.429 e. The second kappa shape index (κ2) is 14.5. The molecule has 2 saturated heterocycles. The fourth-order valence-corrected chi connectivity index (χ4v) is 6.63. The molecule has 0 aliphatic carbocycles. The van der Waals surface area contributed by atoms with Crippen LogP contribution in [0.4, 0.5) is 4.79 Å². The first kappa shape index (κ1) is 31.2. The molecule has 0 radical (unpaired) electrons. The van der Waals surface area contributed by atoms with Crippen LogP contribution in [0, 0.1) is 5.41 Å².